The summed E-state index contributed by atoms with van der Waals surface area (Å²) in [5.41, 5.74) is 0.179. The number of halogens is 3. The van der Waals surface area contributed by atoms with Crippen LogP contribution < -0.4 is 9.75 Å². The summed E-state index contributed by atoms with van der Waals surface area (Å²) < 4.78 is 44.9. The minimum absolute atomic E-state index is 0.0269. The molecule has 0 radical (unpaired) electrons. The first-order chi connectivity index (χ1) is 8.89. The molecule has 0 atom stereocenters. The van der Waals surface area contributed by atoms with Crippen molar-refractivity contribution in [3.63, 3.8) is 0 Å². The molecule has 102 valence electrons. The van der Waals surface area contributed by atoms with Crippen molar-refractivity contribution >= 4 is 17.5 Å². The molecule has 5 nitrogen and oxygen atoms in total. The SMILES string of the molecule is COC1=NN(c2cccc(OC(F)(F)F)c2)C(=O)C1. The van der Waals surface area contributed by atoms with Gasteiger partial charge in [0.1, 0.15) is 12.2 Å². The molecule has 2 rings (SSSR count). The smallest absolute Gasteiger partial charge is 0.483 e. The zero-order chi connectivity index (χ0) is 14.0. The van der Waals surface area contributed by atoms with E-state index in [1.807, 2.05) is 0 Å². The van der Waals surface area contributed by atoms with Crippen molar-refractivity contribution in [2.45, 2.75) is 12.8 Å². The molecule has 1 aromatic carbocycles. The standard InChI is InChI=1S/C11H9F3N2O3/c1-18-9-6-10(17)16(15-9)7-3-2-4-8(5-7)19-11(12,13)14/h2-5H,6H2,1H3. The number of benzene rings is 1. The monoisotopic (exact) mass is 274 g/mol. The lowest BCUT2D eigenvalue weighted by molar-refractivity contribution is -0.274. The number of alkyl halides is 3. The first-order valence-corrected chi connectivity index (χ1v) is 5.19. The number of nitrogens with zero attached hydrogens (tertiary/aromatic N) is 2. The van der Waals surface area contributed by atoms with Gasteiger partial charge in [-0.05, 0) is 12.1 Å². The number of hydrazone groups is 1. The third kappa shape index (κ3) is 3.15. The predicted octanol–water partition coefficient (Wildman–Crippen LogP) is 2.28. The molecule has 0 fully saturated rings. The van der Waals surface area contributed by atoms with Crippen LogP contribution in [0.5, 0.6) is 5.75 Å². The Morgan fingerprint density at radius 3 is 2.68 bits per heavy atom. The maximum absolute atomic E-state index is 12.1. The highest BCUT2D eigenvalue weighted by atomic mass is 19.4. The summed E-state index contributed by atoms with van der Waals surface area (Å²) in [4.78, 5) is 11.6. The highest BCUT2D eigenvalue weighted by Crippen LogP contribution is 2.28. The van der Waals surface area contributed by atoms with Crippen LogP contribution in [0.25, 0.3) is 0 Å². The quantitative estimate of drug-likeness (QED) is 0.831. The van der Waals surface area contributed by atoms with Gasteiger partial charge in [-0.2, -0.15) is 5.01 Å². The molecular weight excluding hydrogens is 265 g/mol. The third-order valence-electron chi connectivity index (χ3n) is 2.28. The lowest BCUT2D eigenvalue weighted by Crippen LogP contribution is -2.20. The summed E-state index contributed by atoms with van der Waals surface area (Å²) in [6, 6.07) is 5.00. The largest absolute Gasteiger partial charge is 0.573 e. The number of carbonyl (C=O) groups excluding carboxylic acids is 1. The lowest BCUT2D eigenvalue weighted by Gasteiger charge is -2.13. The molecule has 0 spiro atoms. The number of amides is 1. The van der Waals surface area contributed by atoms with Crippen molar-refractivity contribution in [3.8, 4) is 5.75 Å². The average molecular weight is 274 g/mol. The van der Waals surface area contributed by atoms with Crippen LogP contribution in [0.2, 0.25) is 0 Å². The second kappa shape index (κ2) is 4.79. The number of carbonyl (C=O) groups is 1. The van der Waals surface area contributed by atoms with E-state index in [0.717, 1.165) is 17.1 Å². The molecule has 8 heteroatoms. The van der Waals surface area contributed by atoms with Crippen LogP contribution in [0.3, 0.4) is 0 Å². The van der Waals surface area contributed by atoms with Crippen LogP contribution in [0.1, 0.15) is 6.42 Å². The molecule has 0 N–H and O–H groups in total. The summed E-state index contributed by atoms with van der Waals surface area (Å²) in [5, 5.41) is 4.81. The van der Waals surface area contributed by atoms with E-state index in [4.69, 9.17) is 4.74 Å². The lowest BCUT2D eigenvalue weighted by atomic mass is 10.3. The molecule has 1 aliphatic rings. The van der Waals surface area contributed by atoms with Gasteiger partial charge in [-0.25, -0.2) is 0 Å². The average Bonchev–Trinajstić information content (AvgIpc) is 2.69. The van der Waals surface area contributed by atoms with Crippen molar-refractivity contribution in [2.75, 3.05) is 12.1 Å². The minimum atomic E-state index is -4.78. The number of ether oxygens (including phenoxy) is 2. The molecule has 0 bridgehead atoms. The van der Waals surface area contributed by atoms with Crippen molar-refractivity contribution < 1.29 is 27.4 Å². The van der Waals surface area contributed by atoms with E-state index in [2.05, 4.69) is 9.84 Å². The zero-order valence-electron chi connectivity index (χ0n) is 9.77. The van der Waals surface area contributed by atoms with E-state index >= 15 is 0 Å². The predicted molar refractivity (Wildman–Crippen MR) is 59.7 cm³/mol. The molecule has 19 heavy (non-hydrogen) atoms. The van der Waals surface area contributed by atoms with Gasteiger partial charge in [0, 0.05) is 6.07 Å². The number of hydrogen-bond donors (Lipinski definition) is 0. The summed E-state index contributed by atoms with van der Waals surface area (Å²) in [7, 11) is 1.36. The van der Waals surface area contributed by atoms with Crippen molar-refractivity contribution in [1.82, 2.24) is 0 Å². The van der Waals surface area contributed by atoms with Gasteiger partial charge in [-0.3, -0.25) is 4.79 Å². The number of hydrogen-bond acceptors (Lipinski definition) is 4. The summed E-state index contributed by atoms with van der Waals surface area (Å²) in [6.07, 6.45) is -4.81. The minimum Gasteiger partial charge on any atom is -0.483 e. The summed E-state index contributed by atoms with van der Waals surface area (Å²) in [6.45, 7) is 0. The van der Waals surface area contributed by atoms with Gasteiger partial charge in [0.2, 0.25) is 5.90 Å². The van der Waals surface area contributed by atoms with Crippen molar-refractivity contribution in [3.05, 3.63) is 24.3 Å². The molecule has 1 aromatic rings. The topological polar surface area (TPSA) is 51.1 Å². The summed E-state index contributed by atoms with van der Waals surface area (Å²) >= 11 is 0. The van der Waals surface area contributed by atoms with Gasteiger partial charge in [0.15, 0.2) is 0 Å². The van der Waals surface area contributed by atoms with E-state index < -0.39 is 12.1 Å². The maximum atomic E-state index is 12.1. The molecule has 0 saturated heterocycles. The molecule has 0 saturated carbocycles. The van der Waals surface area contributed by atoms with Crippen LogP contribution in [-0.4, -0.2) is 25.3 Å². The van der Waals surface area contributed by atoms with Gasteiger partial charge in [-0.1, -0.05) is 6.07 Å². The molecule has 0 aromatic heterocycles. The van der Waals surface area contributed by atoms with E-state index in [1.165, 1.54) is 19.2 Å². The fourth-order valence-electron chi connectivity index (χ4n) is 1.53. The molecule has 1 heterocycles. The Kier molecular flexibility index (Phi) is 3.32. The normalized spacial score (nSPS) is 15.5. The Morgan fingerprint density at radius 1 is 1.37 bits per heavy atom. The second-order valence-corrected chi connectivity index (χ2v) is 3.63. The molecule has 1 amide bonds. The summed E-state index contributed by atoms with van der Waals surface area (Å²) in [5.74, 6) is -0.605. The maximum Gasteiger partial charge on any atom is 0.573 e. The van der Waals surface area contributed by atoms with Crippen LogP contribution >= 0.6 is 0 Å². The molecular formula is C11H9F3N2O3. The van der Waals surface area contributed by atoms with Gasteiger partial charge in [0.25, 0.3) is 5.91 Å². The van der Waals surface area contributed by atoms with Crippen LogP contribution in [0, 0.1) is 0 Å². The fourth-order valence-corrected chi connectivity index (χ4v) is 1.53. The van der Waals surface area contributed by atoms with Crippen LogP contribution in [-0.2, 0) is 9.53 Å². The van der Waals surface area contributed by atoms with E-state index in [0.29, 0.717) is 0 Å². The fraction of sp³-hybridized carbons (Fsp3) is 0.273. The molecule has 0 aliphatic carbocycles. The van der Waals surface area contributed by atoms with E-state index in [9.17, 15) is 18.0 Å². The molecule has 1 aliphatic heterocycles. The van der Waals surface area contributed by atoms with E-state index in [1.54, 1.807) is 0 Å². The first kappa shape index (κ1) is 13.2. The third-order valence-corrected chi connectivity index (χ3v) is 2.28. The Balaban J connectivity index is 2.24. The van der Waals surface area contributed by atoms with Gasteiger partial charge < -0.3 is 9.47 Å². The van der Waals surface area contributed by atoms with Crippen LogP contribution in [0.15, 0.2) is 29.4 Å². The highest BCUT2D eigenvalue weighted by molar-refractivity contribution is 6.10. The van der Waals surface area contributed by atoms with Crippen molar-refractivity contribution in [1.29, 1.82) is 0 Å². The van der Waals surface area contributed by atoms with Gasteiger partial charge in [-0.15, -0.1) is 18.3 Å². The van der Waals surface area contributed by atoms with Crippen LogP contribution in [0.4, 0.5) is 18.9 Å². The second-order valence-electron chi connectivity index (χ2n) is 3.63. The Labute approximate surface area is 106 Å². The number of methoxy groups -OCH3 is 1. The Bertz CT molecular complexity index is 528. The van der Waals surface area contributed by atoms with E-state index in [-0.39, 0.29) is 23.9 Å². The Hall–Kier alpha value is -2.25. The van der Waals surface area contributed by atoms with Gasteiger partial charge >= 0.3 is 6.36 Å². The Morgan fingerprint density at radius 2 is 2.11 bits per heavy atom. The number of anilines is 1. The first-order valence-electron chi connectivity index (χ1n) is 5.19. The van der Waals surface area contributed by atoms with Gasteiger partial charge in [0.05, 0.1) is 12.8 Å². The zero-order valence-corrected chi connectivity index (χ0v) is 9.77. The molecule has 0 unspecified atom stereocenters. The van der Waals surface area contributed by atoms with Crippen molar-refractivity contribution in [2.24, 2.45) is 5.10 Å². The number of rotatable bonds is 2. The highest BCUT2D eigenvalue weighted by Gasteiger charge is 2.32.